The Hall–Kier alpha value is -1.49. The molecule has 1 unspecified atom stereocenters. The highest BCUT2D eigenvalue weighted by atomic mass is 35.5. The number of rotatable bonds is 5. The SMILES string of the molecule is COCc1cc(Cl)nc(C(OC)c2ccccc2)n1. The van der Waals surface area contributed by atoms with Crippen molar-refractivity contribution in [1.82, 2.24) is 9.97 Å². The van der Waals surface area contributed by atoms with Crippen LogP contribution in [-0.2, 0) is 16.1 Å². The first kappa shape index (κ1) is 13.9. The zero-order valence-corrected chi connectivity index (χ0v) is 11.6. The van der Waals surface area contributed by atoms with E-state index in [-0.39, 0.29) is 6.10 Å². The van der Waals surface area contributed by atoms with E-state index in [0.29, 0.717) is 17.6 Å². The third kappa shape index (κ3) is 3.50. The van der Waals surface area contributed by atoms with Gasteiger partial charge in [0.25, 0.3) is 0 Å². The Balaban J connectivity index is 2.38. The molecule has 0 aliphatic rings. The molecular weight excluding hydrogens is 264 g/mol. The topological polar surface area (TPSA) is 44.2 Å². The minimum atomic E-state index is -0.337. The van der Waals surface area contributed by atoms with Crippen LogP contribution in [0.1, 0.15) is 23.2 Å². The van der Waals surface area contributed by atoms with Crippen LogP contribution < -0.4 is 0 Å². The van der Waals surface area contributed by atoms with Crippen LogP contribution in [0.15, 0.2) is 36.4 Å². The Kier molecular flexibility index (Phi) is 4.85. The highest BCUT2D eigenvalue weighted by molar-refractivity contribution is 6.29. The van der Waals surface area contributed by atoms with Crippen molar-refractivity contribution in [3.63, 3.8) is 0 Å². The highest BCUT2D eigenvalue weighted by Gasteiger charge is 2.17. The Bertz CT molecular complexity index is 534. The molecule has 4 nitrogen and oxygen atoms in total. The first-order valence-corrected chi connectivity index (χ1v) is 6.22. The average molecular weight is 279 g/mol. The van der Waals surface area contributed by atoms with E-state index in [4.69, 9.17) is 21.1 Å². The summed E-state index contributed by atoms with van der Waals surface area (Å²) in [6, 6.07) is 11.5. The fourth-order valence-corrected chi connectivity index (χ4v) is 2.05. The zero-order valence-electron chi connectivity index (χ0n) is 10.8. The lowest BCUT2D eigenvalue weighted by atomic mass is 10.1. The van der Waals surface area contributed by atoms with Crippen LogP contribution >= 0.6 is 11.6 Å². The van der Waals surface area contributed by atoms with Gasteiger partial charge in [0, 0.05) is 14.2 Å². The smallest absolute Gasteiger partial charge is 0.163 e. The van der Waals surface area contributed by atoms with Crippen LogP contribution in [-0.4, -0.2) is 24.2 Å². The second-order valence-electron chi connectivity index (χ2n) is 4.00. The standard InChI is InChI=1S/C14H15ClN2O2/c1-18-9-11-8-12(15)17-14(16-11)13(19-2)10-6-4-3-5-7-10/h3-8,13H,9H2,1-2H3. The number of ether oxygens (including phenoxy) is 2. The Morgan fingerprint density at radius 3 is 2.53 bits per heavy atom. The van der Waals surface area contributed by atoms with Crippen LogP contribution in [0.25, 0.3) is 0 Å². The summed E-state index contributed by atoms with van der Waals surface area (Å²) in [4.78, 5) is 8.66. The summed E-state index contributed by atoms with van der Waals surface area (Å²) in [5, 5.41) is 0.384. The van der Waals surface area contributed by atoms with Crippen molar-refractivity contribution < 1.29 is 9.47 Å². The summed E-state index contributed by atoms with van der Waals surface area (Å²) in [6.45, 7) is 0.389. The third-order valence-corrected chi connectivity index (χ3v) is 2.82. The molecule has 0 aliphatic carbocycles. The molecule has 0 amide bonds. The molecule has 2 aromatic rings. The van der Waals surface area contributed by atoms with Crippen molar-refractivity contribution >= 4 is 11.6 Å². The number of hydrogen-bond acceptors (Lipinski definition) is 4. The molecule has 0 radical (unpaired) electrons. The lowest BCUT2D eigenvalue weighted by molar-refractivity contribution is 0.127. The molecule has 0 N–H and O–H groups in total. The van der Waals surface area contributed by atoms with Crippen molar-refractivity contribution in [2.75, 3.05) is 14.2 Å². The minimum Gasteiger partial charge on any atom is -0.378 e. The summed E-state index contributed by atoms with van der Waals surface area (Å²) in [6.07, 6.45) is -0.337. The van der Waals surface area contributed by atoms with Gasteiger partial charge in [-0.15, -0.1) is 0 Å². The van der Waals surface area contributed by atoms with E-state index in [2.05, 4.69) is 9.97 Å². The van der Waals surface area contributed by atoms with Gasteiger partial charge in [-0.3, -0.25) is 0 Å². The van der Waals surface area contributed by atoms with Crippen LogP contribution in [0, 0.1) is 0 Å². The lowest BCUT2D eigenvalue weighted by Crippen LogP contribution is -2.10. The fourth-order valence-electron chi connectivity index (χ4n) is 1.84. The number of halogens is 1. The maximum absolute atomic E-state index is 6.01. The maximum Gasteiger partial charge on any atom is 0.163 e. The van der Waals surface area contributed by atoms with Gasteiger partial charge in [-0.05, 0) is 11.6 Å². The van der Waals surface area contributed by atoms with E-state index >= 15 is 0 Å². The molecule has 1 aromatic carbocycles. The Morgan fingerprint density at radius 1 is 1.16 bits per heavy atom. The number of aromatic nitrogens is 2. The molecule has 1 aromatic heterocycles. The number of hydrogen-bond donors (Lipinski definition) is 0. The largest absolute Gasteiger partial charge is 0.378 e. The van der Waals surface area contributed by atoms with Gasteiger partial charge in [0.1, 0.15) is 11.3 Å². The van der Waals surface area contributed by atoms with Crippen molar-refractivity contribution in [3.05, 3.63) is 58.6 Å². The second-order valence-corrected chi connectivity index (χ2v) is 4.39. The van der Waals surface area contributed by atoms with Crippen molar-refractivity contribution in [3.8, 4) is 0 Å². The molecule has 1 atom stereocenters. The van der Waals surface area contributed by atoms with Crippen LogP contribution in [0.4, 0.5) is 0 Å². The van der Waals surface area contributed by atoms with Gasteiger partial charge in [-0.1, -0.05) is 41.9 Å². The van der Waals surface area contributed by atoms with E-state index < -0.39 is 0 Å². The molecule has 5 heteroatoms. The molecule has 0 aliphatic heterocycles. The van der Waals surface area contributed by atoms with E-state index in [1.807, 2.05) is 30.3 Å². The van der Waals surface area contributed by atoms with Crippen LogP contribution in [0.2, 0.25) is 5.15 Å². The van der Waals surface area contributed by atoms with Crippen LogP contribution in [0.5, 0.6) is 0 Å². The number of nitrogens with zero attached hydrogens (tertiary/aromatic N) is 2. The van der Waals surface area contributed by atoms with Crippen molar-refractivity contribution in [1.29, 1.82) is 0 Å². The normalized spacial score (nSPS) is 12.4. The predicted molar refractivity (Wildman–Crippen MR) is 73.0 cm³/mol. The number of benzene rings is 1. The lowest BCUT2D eigenvalue weighted by Gasteiger charge is -2.15. The molecule has 19 heavy (non-hydrogen) atoms. The molecule has 2 rings (SSSR count). The highest BCUT2D eigenvalue weighted by Crippen LogP contribution is 2.23. The van der Waals surface area contributed by atoms with Crippen LogP contribution in [0.3, 0.4) is 0 Å². The predicted octanol–water partition coefficient (Wildman–Crippen LogP) is 3.01. The zero-order chi connectivity index (χ0) is 13.7. The molecular formula is C14H15ClN2O2. The van der Waals surface area contributed by atoms with Gasteiger partial charge < -0.3 is 9.47 Å². The summed E-state index contributed by atoms with van der Waals surface area (Å²) >= 11 is 6.01. The molecule has 100 valence electrons. The van der Waals surface area contributed by atoms with Gasteiger partial charge in [0.05, 0.1) is 12.3 Å². The Morgan fingerprint density at radius 2 is 1.89 bits per heavy atom. The van der Waals surface area contributed by atoms with Gasteiger partial charge in [0.2, 0.25) is 0 Å². The molecule has 0 saturated carbocycles. The van der Waals surface area contributed by atoms with E-state index in [1.54, 1.807) is 20.3 Å². The van der Waals surface area contributed by atoms with Crippen molar-refractivity contribution in [2.24, 2.45) is 0 Å². The second kappa shape index (κ2) is 6.61. The van der Waals surface area contributed by atoms with Gasteiger partial charge in [-0.25, -0.2) is 9.97 Å². The fraction of sp³-hybridized carbons (Fsp3) is 0.286. The first-order chi connectivity index (χ1) is 9.24. The van der Waals surface area contributed by atoms with Gasteiger partial charge in [-0.2, -0.15) is 0 Å². The monoisotopic (exact) mass is 278 g/mol. The third-order valence-electron chi connectivity index (χ3n) is 2.63. The average Bonchev–Trinajstić information content (AvgIpc) is 2.40. The Labute approximate surface area is 117 Å². The minimum absolute atomic E-state index is 0.337. The molecule has 0 bridgehead atoms. The van der Waals surface area contributed by atoms with Crippen molar-refractivity contribution in [2.45, 2.75) is 12.7 Å². The number of methoxy groups -OCH3 is 2. The summed E-state index contributed by atoms with van der Waals surface area (Å²) in [5.74, 6) is 0.535. The summed E-state index contributed by atoms with van der Waals surface area (Å²) < 4.78 is 10.6. The van der Waals surface area contributed by atoms with E-state index in [9.17, 15) is 0 Å². The van der Waals surface area contributed by atoms with E-state index in [0.717, 1.165) is 11.3 Å². The molecule has 0 spiro atoms. The molecule has 1 heterocycles. The molecule has 0 saturated heterocycles. The van der Waals surface area contributed by atoms with Gasteiger partial charge >= 0.3 is 0 Å². The maximum atomic E-state index is 6.01. The quantitative estimate of drug-likeness (QED) is 0.789. The molecule has 0 fully saturated rings. The summed E-state index contributed by atoms with van der Waals surface area (Å²) in [5.41, 5.74) is 1.71. The first-order valence-electron chi connectivity index (χ1n) is 5.84. The van der Waals surface area contributed by atoms with E-state index in [1.165, 1.54) is 0 Å². The van der Waals surface area contributed by atoms with Gasteiger partial charge in [0.15, 0.2) is 5.82 Å². The summed E-state index contributed by atoms with van der Waals surface area (Å²) in [7, 11) is 3.23.